The minimum atomic E-state index is 0.00707. The lowest BCUT2D eigenvalue weighted by Gasteiger charge is -2.26. The Hall–Kier alpha value is -2.63. The van der Waals surface area contributed by atoms with Crippen molar-refractivity contribution in [2.75, 3.05) is 36.4 Å². The van der Waals surface area contributed by atoms with E-state index >= 15 is 0 Å². The lowest BCUT2D eigenvalue weighted by molar-refractivity contribution is 0.0718. The number of carbonyl (C=O) groups is 1. The number of nitrogens with zero attached hydrogens (tertiary/aromatic N) is 4. The van der Waals surface area contributed by atoms with Crippen molar-refractivity contribution >= 4 is 23.2 Å². The molecule has 2 aliphatic heterocycles. The van der Waals surface area contributed by atoms with Crippen LogP contribution in [0.4, 0.5) is 17.3 Å². The molecular formula is C21H27N5O. The number of nitrogens with one attached hydrogen (secondary N) is 1. The molecule has 1 aromatic heterocycles. The van der Waals surface area contributed by atoms with Crippen molar-refractivity contribution < 1.29 is 4.79 Å². The maximum atomic E-state index is 12.8. The van der Waals surface area contributed by atoms with Crippen LogP contribution >= 0.6 is 0 Å². The fourth-order valence-electron chi connectivity index (χ4n) is 3.85. The molecule has 0 radical (unpaired) electrons. The Bertz CT molecular complexity index is 793. The number of rotatable bonds is 4. The van der Waals surface area contributed by atoms with Gasteiger partial charge in [0.1, 0.15) is 5.69 Å². The monoisotopic (exact) mass is 365 g/mol. The molecule has 0 aliphatic carbocycles. The SMILES string of the molecule is Cc1cc(C(=O)N2CCCCC2)nc(Nc2ccc(N3CCCC3)cc2)n1. The Balaban J connectivity index is 1.48. The van der Waals surface area contributed by atoms with Crippen LogP contribution in [0.2, 0.25) is 0 Å². The van der Waals surface area contributed by atoms with Crippen molar-refractivity contribution in [2.45, 2.75) is 39.0 Å². The van der Waals surface area contributed by atoms with E-state index in [1.165, 1.54) is 24.9 Å². The molecule has 142 valence electrons. The highest BCUT2D eigenvalue weighted by Crippen LogP contribution is 2.23. The second-order valence-electron chi connectivity index (χ2n) is 7.44. The summed E-state index contributed by atoms with van der Waals surface area (Å²) in [6, 6.07) is 10.1. The summed E-state index contributed by atoms with van der Waals surface area (Å²) in [5.74, 6) is 0.483. The highest BCUT2D eigenvalue weighted by Gasteiger charge is 2.20. The summed E-state index contributed by atoms with van der Waals surface area (Å²) in [7, 11) is 0. The summed E-state index contributed by atoms with van der Waals surface area (Å²) in [4.78, 5) is 26.0. The number of carbonyl (C=O) groups excluding carboxylic acids is 1. The highest BCUT2D eigenvalue weighted by atomic mass is 16.2. The number of likely N-dealkylation sites (tertiary alicyclic amines) is 1. The Labute approximate surface area is 160 Å². The van der Waals surface area contributed by atoms with Gasteiger partial charge in [-0.3, -0.25) is 4.79 Å². The van der Waals surface area contributed by atoms with E-state index in [1.807, 2.05) is 24.0 Å². The van der Waals surface area contributed by atoms with Gasteiger partial charge < -0.3 is 15.1 Å². The highest BCUT2D eigenvalue weighted by molar-refractivity contribution is 5.92. The van der Waals surface area contributed by atoms with E-state index in [-0.39, 0.29) is 5.91 Å². The maximum absolute atomic E-state index is 12.8. The topological polar surface area (TPSA) is 61.4 Å². The van der Waals surface area contributed by atoms with E-state index in [2.05, 4.69) is 32.3 Å². The van der Waals surface area contributed by atoms with Crippen molar-refractivity contribution in [3.63, 3.8) is 0 Å². The first-order valence-corrected chi connectivity index (χ1v) is 9.96. The van der Waals surface area contributed by atoms with Crippen LogP contribution in [0.3, 0.4) is 0 Å². The third kappa shape index (κ3) is 4.21. The third-order valence-corrected chi connectivity index (χ3v) is 5.31. The summed E-state index contributed by atoms with van der Waals surface area (Å²) in [6.45, 7) is 5.81. The molecule has 1 amide bonds. The molecule has 3 heterocycles. The molecule has 6 nitrogen and oxygen atoms in total. The fraction of sp³-hybridized carbons (Fsp3) is 0.476. The summed E-state index contributed by atoms with van der Waals surface area (Å²) in [5.41, 5.74) is 3.45. The predicted molar refractivity (Wildman–Crippen MR) is 108 cm³/mol. The molecule has 4 rings (SSSR count). The van der Waals surface area contributed by atoms with E-state index in [1.54, 1.807) is 6.07 Å². The van der Waals surface area contributed by atoms with Gasteiger partial charge in [-0.05, 0) is 69.4 Å². The normalized spacial score (nSPS) is 17.2. The van der Waals surface area contributed by atoms with Crippen molar-refractivity contribution in [3.8, 4) is 0 Å². The maximum Gasteiger partial charge on any atom is 0.272 e. The molecule has 0 spiro atoms. The summed E-state index contributed by atoms with van der Waals surface area (Å²) in [6.07, 6.45) is 5.89. The van der Waals surface area contributed by atoms with E-state index in [0.717, 1.165) is 50.4 Å². The van der Waals surface area contributed by atoms with E-state index in [9.17, 15) is 4.79 Å². The third-order valence-electron chi connectivity index (χ3n) is 5.31. The van der Waals surface area contributed by atoms with Gasteiger partial charge in [0.25, 0.3) is 5.91 Å². The van der Waals surface area contributed by atoms with Gasteiger partial charge >= 0.3 is 0 Å². The van der Waals surface area contributed by atoms with Crippen molar-refractivity contribution in [3.05, 3.63) is 41.7 Å². The zero-order valence-electron chi connectivity index (χ0n) is 15.9. The molecule has 6 heteroatoms. The van der Waals surface area contributed by atoms with Gasteiger partial charge in [0, 0.05) is 43.2 Å². The predicted octanol–water partition coefficient (Wildman–Crippen LogP) is 3.75. The van der Waals surface area contributed by atoms with E-state index in [4.69, 9.17) is 0 Å². The number of amides is 1. The summed E-state index contributed by atoms with van der Waals surface area (Å²) < 4.78 is 0. The molecule has 1 aromatic carbocycles. The molecule has 27 heavy (non-hydrogen) atoms. The van der Waals surface area contributed by atoms with Crippen molar-refractivity contribution in [1.29, 1.82) is 0 Å². The smallest absolute Gasteiger partial charge is 0.272 e. The van der Waals surface area contributed by atoms with Gasteiger partial charge in [-0.25, -0.2) is 9.97 Å². The Kier molecular flexibility index (Phi) is 5.23. The molecule has 2 fully saturated rings. The fourth-order valence-corrected chi connectivity index (χ4v) is 3.85. The molecule has 0 bridgehead atoms. The first kappa shape index (κ1) is 17.8. The second-order valence-corrected chi connectivity index (χ2v) is 7.44. The number of aryl methyl sites for hydroxylation is 1. The molecule has 2 aliphatic rings. The van der Waals surface area contributed by atoms with Crippen LogP contribution in [0.1, 0.15) is 48.3 Å². The van der Waals surface area contributed by atoms with Crippen LogP contribution in [-0.2, 0) is 0 Å². The van der Waals surface area contributed by atoms with Gasteiger partial charge in [-0.1, -0.05) is 0 Å². The van der Waals surface area contributed by atoms with Crippen LogP contribution in [-0.4, -0.2) is 47.0 Å². The zero-order valence-corrected chi connectivity index (χ0v) is 15.9. The first-order chi connectivity index (χ1) is 13.2. The van der Waals surface area contributed by atoms with Crippen LogP contribution < -0.4 is 10.2 Å². The van der Waals surface area contributed by atoms with Gasteiger partial charge in [0.05, 0.1) is 0 Å². The number of piperidine rings is 1. The zero-order chi connectivity index (χ0) is 18.6. The second kappa shape index (κ2) is 7.94. The van der Waals surface area contributed by atoms with Crippen LogP contribution in [0, 0.1) is 6.92 Å². The molecule has 0 saturated carbocycles. The number of anilines is 3. The first-order valence-electron chi connectivity index (χ1n) is 9.96. The van der Waals surface area contributed by atoms with Crippen LogP contribution in [0.15, 0.2) is 30.3 Å². The number of hydrogen-bond acceptors (Lipinski definition) is 5. The lowest BCUT2D eigenvalue weighted by atomic mass is 10.1. The minimum Gasteiger partial charge on any atom is -0.372 e. The lowest BCUT2D eigenvalue weighted by Crippen LogP contribution is -2.36. The Morgan fingerprint density at radius 2 is 1.59 bits per heavy atom. The Morgan fingerprint density at radius 3 is 2.30 bits per heavy atom. The van der Waals surface area contributed by atoms with Gasteiger partial charge in [0.2, 0.25) is 5.95 Å². The number of benzene rings is 1. The summed E-state index contributed by atoms with van der Waals surface area (Å²) >= 11 is 0. The largest absolute Gasteiger partial charge is 0.372 e. The molecular weight excluding hydrogens is 338 g/mol. The Morgan fingerprint density at radius 1 is 0.926 bits per heavy atom. The van der Waals surface area contributed by atoms with Crippen molar-refractivity contribution in [1.82, 2.24) is 14.9 Å². The number of hydrogen-bond donors (Lipinski definition) is 1. The van der Waals surface area contributed by atoms with E-state index in [0.29, 0.717) is 11.6 Å². The van der Waals surface area contributed by atoms with Crippen LogP contribution in [0.5, 0.6) is 0 Å². The molecule has 2 saturated heterocycles. The standard InChI is InChI=1S/C21H27N5O/c1-16-15-19(20(27)26-13-3-2-4-14-26)24-21(22-16)23-17-7-9-18(10-8-17)25-11-5-6-12-25/h7-10,15H,2-6,11-14H2,1H3,(H,22,23,24). The average Bonchev–Trinajstić information content (AvgIpc) is 3.23. The van der Waals surface area contributed by atoms with Gasteiger partial charge in [-0.15, -0.1) is 0 Å². The summed E-state index contributed by atoms with van der Waals surface area (Å²) in [5, 5.41) is 3.25. The van der Waals surface area contributed by atoms with E-state index < -0.39 is 0 Å². The quantitative estimate of drug-likeness (QED) is 0.894. The van der Waals surface area contributed by atoms with Gasteiger partial charge in [-0.2, -0.15) is 0 Å². The molecule has 0 atom stereocenters. The van der Waals surface area contributed by atoms with Gasteiger partial charge in [0.15, 0.2) is 0 Å². The van der Waals surface area contributed by atoms with Crippen LogP contribution in [0.25, 0.3) is 0 Å². The van der Waals surface area contributed by atoms with Crippen molar-refractivity contribution in [2.24, 2.45) is 0 Å². The molecule has 0 unspecified atom stereocenters. The minimum absolute atomic E-state index is 0.00707. The average molecular weight is 365 g/mol. The molecule has 2 aromatic rings. The molecule has 1 N–H and O–H groups in total. The number of aromatic nitrogens is 2.